The Kier molecular flexibility index (Phi) is 2.63. The van der Waals surface area contributed by atoms with E-state index in [1.165, 1.54) is 6.21 Å². The van der Waals surface area contributed by atoms with E-state index in [4.69, 9.17) is 15.9 Å². The van der Waals surface area contributed by atoms with Crippen LogP contribution in [-0.2, 0) is 0 Å². The molecule has 8 nitrogen and oxygen atoms in total. The second-order valence-electron chi connectivity index (χ2n) is 2.78. The molecule has 0 fully saturated rings. The zero-order valence-corrected chi connectivity index (χ0v) is 8.12. The van der Waals surface area contributed by atoms with Crippen molar-refractivity contribution >= 4 is 17.9 Å². The Morgan fingerprint density at radius 2 is 2.38 bits per heavy atom. The van der Waals surface area contributed by atoms with Crippen molar-refractivity contribution in [3.05, 3.63) is 29.9 Å². The molecule has 0 aromatic carbocycles. The summed E-state index contributed by atoms with van der Waals surface area (Å²) in [7, 11) is 0. The molecular weight excluding hydrogens is 212 g/mol. The molecule has 82 valence electrons. The zero-order chi connectivity index (χ0) is 11.4. The topological polar surface area (TPSA) is 130 Å². The molecule has 0 bridgehead atoms. The second kappa shape index (κ2) is 4.26. The number of hydrogen-bond donors (Lipinski definition) is 3. The number of aromatic nitrogens is 2. The van der Waals surface area contributed by atoms with Gasteiger partial charge in [0, 0.05) is 5.10 Å². The van der Waals surface area contributed by atoms with Crippen LogP contribution in [0.3, 0.4) is 0 Å². The number of nitrogens with two attached hydrogens (primary N) is 2. The van der Waals surface area contributed by atoms with Crippen LogP contribution >= 0.6 is 0 Å². The lowest BCUT2D eigenvalue weighted by molar-refractivity contribution is -0.456. The summed E-state index contributed by atoms with van der Waals surface area (Å²) in [5.41, 5.74) is 11.2. The summed E-state index contributed by atoms with van der Waals surface area (Å²) in [6, 6.07) is 3.50. The number of furan rings is 1. The Balaban J connectivity index is 2.11. The van der Waals surface area contributed by atoms with E-state index < -0.39 is 0 Å². The highest BCUT2D eigenvalue weighted by molar-refractivity contribution is 5.98. The van der Waals surface area contributed by atoms with Crippen LogP contribution in [0.2, 0.25) is 0 Å². The molecule has 0 unspecified atom stereocenters. The van der Waals surface area contributed by atoms with E-state index in [1.54, 1.807) is 18.4 Å². The molecule has 8 heteroatoms. The Morgan fingerprint density at radius 1 is 1.50 bits per heavy atom. The lowest BCUT2D eigenvalue weighted by Gasteiger charge is -1.86. The van der Waals surface area contributed by atoms with Crippen molar-refractivity contribution in [2.24, 2.45) is 10.8 Å². The standard InChI is InChI=1S/C8H8N6O2/c9-7(6-8(10)14-16-13-6)12-11-4-5-2-1-3-15-5/h1-4H,(H2,9,12)(H2,10,14)/p+1/b11-4-. The summed E-state index contributed by atoms with van der Waals surface area (Å²) < 4.78 is 9.41. The number of hydrazone groups is 1. The molecule has 0 saturated carbocycles. The highest BCUT2D eigenvalue weighted by atomic mass is 16.6. The van der Waals surface area contributed by atoms with Crippen molar-refractivity contribution in [1.29, 1.82) is 0 Å². The van der Waals surface area contributed by atoms with Gasteiger partial charge >= 0.3 is 0 Å². The maximum absolute atomic E-state index is 5.57. The molecule has 0 aliphatic heterocycles. The molecule has 0 spiro atoms. The monoisotopic (exact) mass is 221 g/mol. The number of nitrogens with one attached hydrogen (secondary N) is 1. The van der Waals surface area contributed by atoms with Crippen LogP contribution in [-0.4, -0.2) is 22.4 Å². The van der Waals surface area contributed by atoms with Crippen molar-refractivity contribution in [3.8, 4) is 0 Å². The van der Waals surface area contributed by atoms with Gasteiger partial charge in [-0.2, -0.15) is 0 Å². The van der Waals surface area contributed by atoms with Crippen molar-refractivity contribution in [1.82, 2.24) is 10.3 Å². The first-order valence-electron chi connectivity index (χ1n) is 4.31. The molecule has 0 atom stereocenters. The van der Waals surface area contributed by atoms with Gasteiger partial charge in [0.2, 0.25) is 12.1 Å². The molecule has 2 heterocycles. The summed E-state index contributed by atoms with van der Waals surface area (Å²) in [6.07, 6.45) is 3.07. The van der Waals surface area contributed by atoms with E-state index >= 15 is 0 Å². The molecule has 16 heavy (non-hydrogen) atoms. The SMILES string of the molecule is NC(=N/[NH+]=C\c1ccco1)c1nonc1N. The predicted octanol–water partition coefficient (Wildman–Crippen LogP) is -1.94. The fourth-order valence-electron chi connectivity index (χ4n) is 0.965. The number of anilines is 1. The van der Waals surface area contributed by atoms with Crippen LogP contribution in [0, 0.1) is 0 Å². The third-order valence-corrected chi connectivity index (χ3v) is 1.69. The molecule has 2 aromatic rings. The molecule has 2 rings (SSSR count). The van der Waals surface area contributed by atoms with Gasteiger partial charge in [0.25, 0.3) is 0 Å². The average Bonchev–Trinajstić information content (AvgIpc) is 2.88. The Labute approximate surface area is 89.6 Å². The smallest absolute Gasteiger partial charge is 0.236 e. The van der Waals surface area contributed by atoms with Crippen molar-refractivity contribution in [2.45, 2.75) is 0 Å². The highest BCUT2D eigenvalue weighted by Gasteiger charge is 2.11. The minimum absolute atomic E-state index is 0.0709. The van der Waals surface area contributed by atoms with Crippen LogP contribution in [0.4, 0.5) is 5.82 Å². The average molecular weight is 221 g/mol. The lowest BCUT2D eigenvalue weighted by Crippen LogP contribution is -2.63. The highest BCUT2D eigenvalue weighted by Crippen LogP contribution is 2.01. The Morgan fingerprint density at radius 3 is 3.00 bits per heavy atom. The van der Waals surface area contributed by atoms with Crippen LogP contribution in [0.15, 0.2) is 32.5 Å². The number of hydrogen-bond acceptors (Lipinski definition) is 6. The third kappa shape index (κ3) is 2.05. The molecule has 0 aliphatic carbocycles. The van der Waals surface area contributed by atoms with Gasteiger partial charge in [-0.15, -0.1) is 5.10 Å². The van der Waals surface area contributed by atoms with E-state index in [0.29, 0.717) is 5.76 Å². The Bertz CT molecular complexity index is 512. The summed E-state index contributed by atoms with van der Waals surface area (Å²) in [6.45, 7) is 0. The predicted molar refractivity (Wildman–Crippen MR) is 54.3 cm³/mol. The molecule has 5 N–H and O–H groups in total. The minimum atomic E-state index is 0.0709. The first kappa shape index (κ1) is 9.90. The number of amidine groups is 1. The molecule has 0 radical (unpaired) electrons. The first-order chi connectivity index (χ1) is 7.77. The largest absolute Gasteiger partial charge is 0.459 e. The molecule has 0 aliphatic rings. The van der Waals surface area contributed by atoms with Gasteiger partial charge in [-0.1, -0.05) is 0 Å². The van der Waals surface area contributed by atoms with Crippen molar-refractivity contribution < 1.29 is 14.1 Å². The molecule has 2 aromatic heterocycles. The summed E-state index contributed by atoms with van der Waals surface area (Å²) in [5, 5.41) is 13.2. The lowest BCUT2D eigenvalue weighted by atomic mass is 10.4. The van der Waals surface area contributed by atoms with Gasteiger partial charge in [-0.25, -0.2) is 4.63 Å². The van der Waals surface area contributed by atoms with E-state index in [0.717, 1.165) is 0 Å². The second-order valence-corrected chi connectivity index (χ2v) is 2.78. The third-order valence-electron chi connectivity index (χ3n) is 1.69. The summed E-state index contributed by atoms with van der Waals surface area (Å²) in [4.78, 5) is 0. The van der Waals surface area contributed by atoms with E-state index in [-0.39, 0.29) is 17.3 Å². The molecule has 0 amide bonds. The van der Waals surface area contributed by atoms with Crippen LogP contribution in [0.5, 0.6) is 0 Å². The number of rotatable bonds is 3. The molecular formula is C8H9N6O2+. The number of nitrogen functional groups attached to an aromatic ring is 1. The fourth-order valence-corrected chi connectivity index (χ4v) is 0.965. The summed E-state index contributed by atoms with van der Waals surface area (Å²) >= 11 is 0. The van der Waals surface area contributed by atoms with Crippen LogP contribution in [0.1, 0.15) is 11.5 Å². The minimum Gasteiger partial charge on any atom is -0.459 e. The summed E-state index contributed by atoms with van der Waals surface area (Å²) in [5.74, 6) is 0.769. The van der Waals surface area contributed by atoms with Crippen molar-refractivity contribution in [2.75, 3.05) is 5.73 Å². The van der Waals surface area contributed by atoms with Gasteiger partial charge in [0.15, 0.2) is 17.3 Å². The zero-order valence-electron chi connectivity index (χ0n) is 8.12. The van der Waals surface area contributed by atoms with Gasteiger partial charge in [0.05, 0.1) is 6.26 Å². The Hall–Kier alpha value is -2.64. The van der Waals surface area contributed by atoms with Crippen LogP contribution in [0.25, 0.3) is 0 Å². The molecule has 0 saturated heterocycles. The van der Waals surface area contributed by atoms with Gasteiger partial charge in [-0.05, 0) is 22.4 Å². The van der Waals surface area contributed by atoms with Crippen LogP contribution < -0.4 is 16.6 Å². The maximum Gasteiger partial charge on any atom is 0.236 e. The van der Waals surface area contributed by atoms with Gasteiger partial charge in [-0.3, -0.25) is 0 Å². The maximum atomic E-state index is 5.57. The van der Waals surface area contributed by atoms with Crippen molar-refractivity contribution in [3.63, 3.8) is 0 Å². The first-order valence-corrected chi connectivity index (χ1v) is 4.31. The quantitative estimate of drug-likeness (QED) is 0.314. The normalized spacial score (nSPS) is 12.4. The van der Waals surface area contributed by atoms with Gasteiger partial charge < -0.3 is 15.9 Å². The van der Waals surface area contributed by atoms with E-state index in [1.807, 2.05) is 0 Å². The number of nitrogens with zero attached hydrogens (tertiary/aromatic N) is 3. The fraction of sp³-hybridized carbons (Fsp3) is 0. The van der Waals surface area contributed by atoms with E-state index in [2.05, 4.69) is 25.1 Å². The van der Waals surface area contributed by atoms with Gasteiger partial charge in [0.1, 0.15) is 0 Å². The van der Waals surface area contributed by atoms with E-state index in [9.17, 15) is 0 Å².